The van der Waals surface area contributed by atoms with Gasteiger partial charge in [-0.2, -0.15) is 0 Å². The Bertz CT molecular complexity index is 777. The van der Waals surface area contributed by atoms with Gasteiger partial charge in [-0.1, -0.05) is 18.9 Å². The third-order valence-electron chi connectivity index (χ3n) is 5.73. The van der Waals surface area contributed by atoms with Gasteiger partial charge in [-0.15, -0.1) is 0 Å². The number of pyridine rings is 1. The Hall–Kier alpha value is -2.21. The zero-order valence-corrected chi connectivity index (χ0v) is 16.5. The molecule has 2 aromatic heterocycles. The number of carbonyl (C=O) groups excluding carboxylic acids is 1. The Balaban J connectivity index is 1.16. The number of aromatic amines is 1. The monoisotopic (exact) mass is 381 g/mol. The van der Waals surface area contributed by atoms with E-state index >= 15 is 0 Å². The number of nitrogens with zero attached hydrogens (tertiary/aromatic N) is 2. The maximum absolute atomic E-state index is 12.0. The molecular formula is C22H31N5O. The molecule has 0 aliphatic heterocycles. The standard InChI is InChI=1S/C22H31N5O/c28-21(12-14-23-17-5-1-2-6-17)24-13-4-8-18-7-3-9-19(26-18)22-25-15-20(27-22)16-10-11-16/h3,7,9,15-17,23H,1-2,4-6,8,10-14H2,(H,24,28)(H,25,27). The summed E-state index contributed by atoms with van der Waals surface area (Å²) in [6, 6.07) is 6.70. The topological polar surface area (TPSA) is 82.7 Å². The molecule has 2 aromatic rings. The Morgan fingerprint density at radius 3 is 2.82 bits per heavy atom. The first-order valence-electron chi connectivity index (χ1n) is 10.8. The second kappa shape index (κ2) is 9.32. The number of nitrogens with one attached hydrogen (secondary N) is 3. The van der Waals surface area contributed by atoms with Crippen molar-refractivity contribution >= 4 is 5.91 Å². The van der Waals surface area contributed by atoms with Crippen LogP contribution in [0.1, 0.15) is 68.7 Å². The van der Waals surface area contributed by atoms with Crippen LogP contribution in [-0.4, -0.2) is 40.0 Å². The third kappa shape index (κ3) is 5.41. The molecule has 2 saturated carbocycles. The molecule has 0 atom stereocenters. The number of aryl methyl sites for hydroxylation is 1. The fourth-order valence-corrected chi connectivity index (χ4v) is 3.92. The van der Waals surface area contributed by atoms with Gasteiger partial charge in [-0.25, -0.2) is 9.97 Å². The summed E-state index contributed by atoms with van der Waals surface area (Å²) in [6.45, 7) is 1.48. The van der Waals surface area contributed by atoms with Gasteiger partial charge < -0.3 is 15.6 Å². The second-order valence-electron chi connectivity index (χ2n) is 8.11. The first-order chi connectivity index (χ1) is 13.8. The number of rotatable bonds is 10. The van der Waals surface area contributed by atoms with E-state index in [1.54, 1.807) is 0 Å². The average molecular weight is 382 g/mol. The lowest BCUT2D eigenvalue weighted by Gasteiger charge is -2.11. The van der Waals surface area contributed by atoms with E-state index in [1.807, 2.05) is 24.4 Å². The van der Waals surface area contributed by atoms with Crippen LogP contribution in [0, 0.1) is 0 Å². The van der Waals surface area contributed by atoms with E-state index in [0.29, 0.717) is 24.9 Å². The van der Waals surface area contributed by atoms with E-state index in [9.17, 15) is 4.79 Å². The Kier molecular flexibility index (Phi) is 6.37. The van der Waals surface area contributed by atoms with E-state index in [2.05, 4.69) is 20.6 Å². The number of imidazole rings is 1. The smallest absolute Gasteiger partial charge is 0.221 e. The van der Waals surface area contributed by atoms with Crippen LogP contribution in [-0.2, 0) is 11.2 Å². The quantitative estimate of drug-likeness (QED) is 0.551. The van der Waals surface area contributed by atoms with Gasteiger partial charge in [0.1, 0.15) is 5.69 Å². The number of hydrogen-bond acceptors (Lipinski definition) is 4. The minimum atomic E-state index is 0.135. The number of amides is 1. The third-order valence-corrected chi connectivity index (χ3v) is 5.73. The molecule has 2 aliphatic rings. The fourth-order valence-electron chi connectivity index (χ4n) is 3.92. The predicted molar refractivity (Wildman–Crippen MR) is 110 cm³/mol. The minimum Gasteiger partial charge on any atom is -0.356 e. The number of H-pyrrole nitrogens is 1. The molecule has 0 aromatic carbocycles. The molecule has 0 radical (unpaired) electrons. The van der Waals surface area contributed by atoms with E-state index in [-0.39, 0.29) is 5.91 Å². The Morgan fingerprint density at radius 2 is 2.00 bits per heavy atom. The average Bonchev–Trinajstić information content (AvgIpc) is 3.21. The maximum atomic E-state index is 12.0. The normalized spacial score (nSPS) is 17.1. The highest BCUT2D eigenvalue weighted by Crippen LogP contribution is 2.39. The predicted octanol–water partition coefficient (Wildman–Crippen LogP) is 3.32. The van der Waals surface area contributed by atoms with Crippen LogP contribution in [0.2, 0.25) is 0 Å². The van der Waals surface area contributed by atoms with Crippen molar-refractivity contribution in [1.29, 1.82) is 0 Å². The van der Waals surface area contributed by atoms with Crippen LogP contribution < -0.4 is 10.6 Å². The van der Waals surface area contributed by atoms with Crippen LogP contribution in [0.4, 0.5) is 0 Å². The van der Waals surface area contributed by atoms with Crippen molar-refractivity contribution in [3.05, 3.63) is 35.8 Å². The zero-order valence-electron chi connectivity index (χ0n) is 16.5. The van der Waals surface area contributed by atoms with Crippen molar-refractivity contribution in [2.45, 2.75) is 69.7 Å². The second-order valence-corrected chi connectivity index (χ2v) is 8.11. The molecule has 2 aliphatic carbocycles. The van der Waals surface area contributed by atoms with Crippen molar-refractivity contribution in [3.63, 3.8) is 0 Å². The molecule has 0 bridgehead atoms. The summed E-state index contributed by atoms with van der Waals surface area (Å²) in [6.07, 6.45) is 11.9. The van der Waals surface area contributed by atoms with Gasteiger partial charge in [0.25, 0.3) is 0 Å². The fraction of sp³-hybridized carbons (Fsp3) is 0.591. The van der Waals surface area contributed by atoms with E-state index in [0.717, 1.165) is 36.6 Å². The molecule has 0 saturated heterocycles. The van der Waals surface area contributed by atoms with E-state index < -0.39 is 0 Å². The summed E-state index contributed by atoms with van der Waals surface area (Å²) in [5, 5.41) is 6.51. The molecule has 3 N–H and O–H groups in total. The van der Waals surface area contributed by atoms with Gasteiger partial charge in [0, 0.05) is 49.1 Å². The molecule has 2 fully saturated rings. The summed E-state index contributed by atoms with van der Waals surface area (Å²) in [5.41, 5.74) is 3.16. The van der Waals surface area contributed by atoms with Gasteiger partial charge in [-0.3, -0.25) is 4.79 Å². The van der Waals surface area contributed by atoms with Crippen LogP contribution >= 0.6 is 0 Å². The SMILES string of the molecule is O=C(CCNC1CCCC1)NCCCc1cccc(-c2ncc(C3CC3)[nH]2)n1. The van der Waals surface area contributed by atoms with Crippen LogP contribution in [0.15, 0.2) is 24.4 Å². The lowest BCUT2D eigenvalue weighted by atomic mass is 10.2. The Morgan fingerprint density at radius 1 is 1.14 bits per heavy atom. The van der Waals surface area contributed by atoms with Gasteiger partial charge in [0.2, 0.25) is 5.91 Å². The van der Waals surface area contributed by atoms with Gasteiger partial charge in [0.05, 0.1) is 0 Å². The van der Waals surface area contributed by atoms with Crippen molar-refractivity contribution in [2.75, 3.05) is 13.1 Å². The van der Waals surface area contributed by atoms with Crippen molar-refractivity contribution in [1.82, 2.24) is 25.6 Å². The molecule has 4 rings (SSSR count). The molecular weight excluding hydrogens is 350 g/mol. The van der Waals surface area contributed by atoms with E-state index in [1.165, 1.54) is 44.2 Å². The highest BCUT2D eigenvalue weighted by atomic mass is 16.1. The first-order valence-corrected chi connectivity index (χ1v) is 10.8. The van der Waals surface area contributed by atoms with Crippen molar-refractivity contribution < 1.29 is 4.79 Å². The molecule has 2 heterocycles. The van der Waals surface area contributed by atoms with Crippen molar-refractivity contribution in [3.8, 4) is 11.5 Å². The number of aromatic nitrogens is 3. The molecule has 1 amide bonds. The maximum Gasteiger partial charge on any atom is 0.221 e. The Labute approximate surface area is 166 Å². The van der Waals surface area contributed by atoms with Crippen LogP contribution in [0.3, 0.4) is 0 Å². The number of hydrogen-bond donors (Lipinski definition) is 3. The first kappa shape index (κ1) is 19.1. The summed E-state index contributed by atoms with van der Waals surface area (Å²) in [4.78, 5) is 24.6. The molecule has 0 unspecified atom stereocenters. The zero-order chi connectivity index (χ0) is 19.2. The number of carbonyl (C=O) groups is 1. The highest BCUT2D eigenvalue weighted by Gasteiger charge is 2.25. The molecule has 150 valence electrons. The summed E-state index contributed by atoms with van der Waals surface area (Å²) < 4.78 is 0. The summed E-state index contributed by atoms with van der Waals surface area (Å²) >= 11 is 0. The van der Waals surface area contributed by atoms with Crippen LogP contribution in [0.5, 0.6) is 0 Å². The summed E-state index contributed by atoms with van der Waals surface area (Å²) in [7, 11) is 0. The van der Waals surface area contributed by atoms with Gasteiger partial charge in [-0.05, 0) is 50.7 Å². The largest absolute Gasteiger partial charge is 0.356 e. The molecule has 6 heteroatoms. The molecule has 0 spiro atoms. The van der Waals surface area contributed by atoms with E-state index in [4.69, 9.17) is 4.98 Å². The molecule has 28 heavy (non-hydrogen) atoms. The van der Waals surface area contributed by atoms with Crippen molar-refractivity contribution in [2.24, 2.45) is 0 Å². The van der Waals surface area contributed by atoms with Gasteiger partial charge >= 0.3 is 0 Å². The highest BCUT2D eigenvalue weighted by molar-refractivity contribution is 5.76. The molecule has 6 nitrogen and oxygen atoms in total. The van der Waals surface area contributed by atoms with Gasteiger partial charge in [0.15, 0.2) is 5.82 Å². The lowest BCUT2D eigenvalue weighted by Crippen LogP contribution is -2.32. The van der Waals surface area contributed by atoms with Crippen LogP contribution in [0.25, 0.3) is 11.5 Å². The summed E-state index contributed by atoms with van der Waals surface area (Å²) in [5.74, 6) is 1.66. The minimum absolute atomic E-state index is 0.135. The lowest BCUT2D eigenvalue weighted by molar-refractivity contribution is -0.121.